The molecular weight excluding hydrogens is 356 g/mol. The number of aliphatic hydroxyl groups is 1. The molecule has 0 spiro atoms. The molecule has 19 heavy (non-hydrogen) atoms. The van der Waals surface area contributed by atoms with Crippen LogP contribution < -0.4 is 4.72 Å². The molecule has 1 heterocycles. The van der Waals surface area contributed by atoms with E-state index in [1.165, 1.54) is 12.3 Å². The fraction of sp³-hybridized carbons (Fsp3) is 0.545. The number of pyridine rings is 1. The maximum atomic E-state index is 12.1. The largest absolute Gasteiger partial charge is 0.389 e. The van der Waals surface area contributed by atoms with Crippen LogP contribution in [0.25, 0.3) is 0 Å². The number of nitrogens with one attached hydrogen (secondary N) is 1. The Morgan fingerprint density at radius 3 is 2.58 bits per heavy atom. The number of hydrogen-bond donors (Lipinski definition) is 2. The summed E-state index contributed by atoms with van der Waals surface area (Å²) < 4.78 is 27.1. The summed E-state index contributed by atoms with van der Waals surface area (Å²) in [5.41, 5.74) is -1.06. The molecule has 1 rings (SSSR count). The third-order valence-electron chi connectivity index (χ3n) is 2.97. The third-order valence-corrected chi connectivity index (χ3v) is 5.23. The molecule has 0 aliphatic rings. The molecule has 0 saturated heterocycles. The number of nitrogens with zero attached hydrogens (tertiary/aromatic N) is 1. The fourth-order valence-electron chi connectivity index (χ4n) is 1.40. The highest BCUT2D eigenvalue weighted by Crippen LogP contribution is 2.23. The summed E-state index contributed by atoms with van der Waals surface area (Å²) in [5.74, 6) is 0. The van der Waals surface area contributed by atoms with Gasteiger partial charge in [-0.25, -0.2) is 18.1 Å². The predicted octanol–water partition coefficient (Wildman–Crippen LogP) is 2.33. The number of hydrogen-bond acceptors (Lipinski definition) is 4. The van der Waals surface area contributed by atoms with Crippen molar-refractivity contribution in [3.05, 3.63) is 21.9 Å². The van der Waals surface area contributed by atoms with Crippen LogP contribution in [0.1, 0.15) is 26.7 Å². The molecule has 0 fully saturated rings. The molecule has 1 aromatic heterocycles. The predicted molar refractivity (Wildman–Crippen MR) is 77.7 cm³/mol. The van der Waals surface area contributed by atoms with E-state index in [4.69, 9.17) is 11.6 Å². The smallest absolute Gasteiger partial charge is 0.243 e. The number of sulfonamides is 1. The molecule has 0 radical (unpaired) electrons. The molecule has 0 aromatic carbocycles. The molecule has 2 N–H and O–H groups in total. The van der Waals surface area contributed by atoms with E-state index in [0.717, 1.165) is 0 Å². The second-order valence-corrected chi connectivity index (χ2v) is 7.21. The molecule has 5 nitrogen and oxygen atoms in total. The van der Waals surface area contributed by atoms with Crippen molar-refractivity contribution in [1.29, 1.82) is 0 Å². The summed E-state index contributed by atoms with van der Waals surface area (Å²) in [6, 6.07) is 1.37. The average molecular weight is 372 g/mol. The van der Waals surface area contributed by atoms with Crippen molar-refractivity contribution in [1.82, 2.24) is 9.71 Å². The molecule has 8 heteroatoms. The monoisotopic (exact) mass is 370 g/mol. The standard InChI is InChI=1S/C11H16BrClN2O3S/c1-3-11(16,4-2)7-15-19(17,18)9-5-8(12)6-14-10(9)13/h5-6,15-16H,3-4,7H2,1-2H3. The first-order chi connectivity index (χ1) is 8.74. The van der Waals surface area contributed by atoms with E-state index >= 15 is 0 Å². The van der Waals surface area contributed by atoms with E-state index in [1.54, 1.807) is 13.8 Å². The van der Waals surface area contributed by atoms with Gasteiger partial charge < -0.3 is 5.11 Å². The lowest BCUT2D eigenvalue weighted by molar-refractivity contribution is 0.0377. The SMILES string of the molecule is CCC(O)(CC)CNS(=O)(=O)c1cc(Br)cnc1Cl. The van der Waals surface area contributed by atoms with Crippen LogP contribution >= 0.6 is 27.5 Å². The van der Waals surface area contributed by atoms with E-state index < -0.39 is 15.6 Å². The maximum Gasteiger partial charge on any atom is 0.243 e. The highest BCUT2D eigenvalue weighted by Gasteiger charge is 2.27. The molecule has 108 valence electrons. The lowest BCUT2D eigenvalue weighted by atomic mass is 9.98. The van der Waals surface area contributed by atoms with Gasteiger partial charge in [0, 0.05) is 17.2 Å². The van der Waals surface area contributed by atoms with Crippen LogP contribution in [0.3, 0.4) is 0 Å². The maximum absolute atomic E-state index is 12.1. The van der Waals surface area contributed by atoms with E-state index in [1.807, 2.05) is 0 Å². The van der Waals surface area contributed by atoms with Crippen molar-refractivity contribution < 1.29 is 13.5 Å². The summed E-state index contributed by atoms with van der Waals surface area (Å²) in [5, 5.41) is 9.97. The number of rotatable bonds is 6. The molecular formula is C11H16BrClN2O3S. The van der Waals surface area contributed by atoms with Crippen LogP contribution in [0.5, 0.6) is 0 Å². The topological polar surface area (TPSA) is 79.3 Å². The average Bonchev–Trinajstić information content (AvgIpc) is 2.39. The third kappa shape index (κ3) is 4.39. The first-order valence-corrected chi connectivity index (χ1v) is 8.42. The second-order valence-electron chi connectivity index (χ2n) is 4.20. The van der Waals surface area contributed by atoms with Crippen molar-refractivity contribution in [2.45, 2.75) is 37.2 Å². The Labute approximate surface area is 126 Å². The Morgan fingerprint density at radius 1 is 1.47 bits per heavy atom. The normalized spacial score (nSPS) is 12.7. The van der Waals surface area contributed by atoms with Gasteiger partial charge in [0.05, 0.1) is 5.60 Å². The number of aromatic nitrogens is 1. The van der Waals surface area contributed by atoms with Gasteiger partial charge in [0.1, 0.15) is 10.0 Å². The Morgan fingerprint density at radius 2 is 2.05 bits per heavy atom. The van der Waals surface area contributed by atoms with Gasteiger partial charge in [-0.2, -0.15) is 0 Å². The van der Waals surface area contributed by atoms with Crippen LogP contribution in [0.2, 0.25) is 5.15 Å². The van der Waals surface area contributed by atoms with Gasteiger partial charge in [0.2, 0.25) is 10.0 Å². The summed E-state index contributed by atoms with van der Waals surface area (Å²) >= 11 is 8.93. The zero-order valence-corrected chi connectivity index (χ0v) is 13.8. The fourth-order valence-corrected chi connectivity index (χ4v) is 3.46. The van der Waals surface area contributed by atoms with Gasteiger partial charge in [-0.3, -0.25) is 0 Å². The van der Waals surface area contributed by atoms with Crippen LogP contribution in [-0.2, 0) is 10.0 Å². The van der Waals surface area contributed by atoms with Gasteiger partial charge in [-0.05, 0) is 34.8 Å². The van der Waals surface area contributed by atoms with Crippen LogP contribution in [-0.4, -0.2) is 30.7 Å². The van der Waals surface area contributed by atoms with E-state index in [-0.39, 0.29) is 16.6 Å². The molecule has 0 unspecified atom stereocenters. The highest BCUT2D eigenvalue weighted by atomic mass is 79.9. The lowest BCUT2D eigenvalue weighted by Gasteiger charge is -2.25. The first kappa shape index (κ1) is 16.8. The summed E-state index contributed by atoms with van der Waals surface area (Å²) in [7, 11) is -3.80. The van der Waals surface area contributed by atoms with Crippen molar-refractivity contribution in [3.8, 4) is 0 Å². The Balaban J connectivity index is 2.96. The van der Waals surface area contributed by atoms with Crippen molar-refractivity contribution in [2.75, 3.05) is 6.54 Å². The molecule has 0 aliphatic heterocycles. The molecule has 0 amide bonds. The Kier molecular flexibility index (Phi) is 5.76. The van der Waals surface area contributed by atoms with E-state index in [9.17, 15) is 13.5 Å². The highest BCUT2D eigenvalue weighted by molar-refractivity contribution is 9.10. The molecule has 0 saturated carbocycles. The minimum Gasteiger partial charge on any atom is -0.389 e. The molecule has 0 aliphatic carbocycles. The van der Waals surface area contributed by atoms with E-state index in [2.05, 4.69) is 25.6 Å². The summed E-state index contributed by atoms with van der Waals surface area (Å²) in [6.07, 6.45) is 2.32. The van der Waals surface area contributed by atoms with Gasteiger partial charge in [0.25, 0.3) is 0 Å². The van der Waals surface area contributed by atoms with Crippen molar-refractivity contribution in [3.63, 3.8) is 0 Å². The Hall–Kier alpha value is -0.210. The van der Waals surface area contributed by atoms with Gasteiger partial charge in [-0.1, -0.05) is 25.4 Å². The van der Waals surface area contributed by atoms with Crippen LogP contribution in [0.4, 0.5) is 0 Å². The van der Waals surface area contributed by atoms with Gasteiger partial charge in [0.15, 0.2) is 0 Å². The lowest BCUT2D eigenvalue weighted by Crippen LogP contribution is -2.42. The molecule has 1 aromatic rings. The zero-order valence-electron chi connectivity index (χ0n) is 10.7. The molecule has 0 atom stereocenters. The van der Waals surface area contributed by atoms with E-state index in [0.29, 0.717) is 17.3 Å². The van der Waals surface area contributed by atoms with Gasteiger partial charge in [-0.15, -0.1) is 0 Å². The van der Waals surface area contributed by atoms with Gasteiger partial charge >= 0.3 is 0 Å². The zero-order chi connectivity index (χ0) is 14.7. The first-order valence-electron chi connectivity index (χ1n) is 5.77. The van der Waals surface area contributed by atoms with Crippen LogP contribution in [0, 0.1) is 0 Å². The summed E-state index contributed by atoms with van der Waals surface area (Å²) in [6.45, 7) is 3.53. The van der Waals surface area contributed by atoms with Crippen molar-refractivity contribution >= 4 is 37.6 Å². The minimum absolute atomic E-state index is 0.0643. The number of halogens is 2. The molecule has 0 bridgehead atoms. The van der Waals surface area contributed by atoms with Crippen molar-refractivity contribution in [2.24, 2.45) is 0 Å². The minimum atomic E-state index is -3.80. The second kappa shape index (κ2) is 6.49. The van der Waals surface area contributed by atoms with Crippen LogP contribution in [0.15, 0.2) is 21.6 Å². The summed E-state index contributed by atoms with van der Waals surface area (Å²) in [4.78, 5) is 3.65. The quantitative estimate of drug-likeness (QED) is 0.752. The Bertz CT molecular complexity index is 547.